The quantitative estimate of drug-likeness (QED) is 0.514. The van der Waals surface area contributed by atoms with Gasteiger partial charge < -0.3 is 4.74 Å². The molecule has 3 rings (SSSR count). The molecule has 0 saturated heterocycles. The molecule has 0 aliphatic heterocycles. The third-order valence-electron chi connectivity index (χ3n) is 5.66. The van der Waals surface area contributed by atoms with Gasteiger partial charge in [-0.1, -0.05) is 70.1 Å². The molecular formula is C22H31N3O2S. The molecule has 1 fully saturated rings. The fraction of sp³-hybridized carbons (Fsp3) is 0.591. The SMILES string of the molecule is CCc1ccc(-c2nc(SCC(=O)O[C@H]3C[C@H](C)CC[C@@H]3C(C)C)n[nH]2)cc1. The zero-order valence-electron chi connectivity index (χ0n) is 17.3. The Morgan fingerprint density at radius 2 is 2.04 bits per heavy atom. The van der Waals surface area contributed by atoms with Crippen LogP contribution in [0, 0.1) is 17.8 Å². The van der Waals surface area contributed by atoms with E-state index in [2.05, 4.69) is 55.0 Å². The lowest BCUT2D eigenvalue weighted by atomic mass is 9.75. The summed E-state index contributed by atoms with van der Waals surface area (Å²) < 4.78 is 5.85. The van der Waals surface area contributed by atoms with Gasteiger partial charge in [0.05, 0.1) is 5.75 Å². The van der Waals surface area contributed by atoms with Crippen molar-refractivity contribution in [2.45, 2.75) is 64.6 Å². The minimum atomic E-state index is -0.173. The van der Waals surface area contributed by atoms with E-state index in [1.165, 1.54) is 23.7 Å². The smallest absolute Gasteiger partial charge is 0.316 e. The molecule has 6 heteroatoms. The number of thioether (sulfide) groups is 1. The van der Waals surface area contributed by atoms with E-state index in [1.807, 2.05) is 12.1 Å². The Bertz CT molecular complexity index is 772. The first kappa shape index (κ1) is 20.9. The number of esters is 1. The summed E-state index contributed by atoms with van der Waals surface area (Å²) in [7, 11) is 0. The van der Waals surface area contributed by atoms with Crippen molar-refractivity contribution in [3.63, 3.8) is 0 Å². The highest BCUT2D eigenvalue weighted by molar-refractivity contribution is 7.99. The molecule has 1 aromatic carbocycles. The Balaban J connectivity index is 1.53. The van der Waals surface area contributed by atoms with Gasteiger partial charge in [-0.25, -0.2) is 4.98 Å². The fourth-order valence-electron chi connectivity index (χ4n) is 3.91. The predicted octanol–water partition coefficient (Wildman–Crippen LogP) is 5.13. The molecule has 1 N–H and O–H groups in total. The Morgan fingerprint density at radius 3 is 2.71 bits per heavy atom. The molecule has 3 atom stereocenters. The number of rotatable bonds is 7. The van der Waals surface area contributed by atoms with Gasteiger partial charge in [-0.2, -0.15) is 0 Å². The van der Waals surface area contributed by atoms with Crippen molar-refractivity contribution in [2.24, 2.45) is 17.8 Å². The molecule has 1 aromatic heterocycles. The second-order valence-electron chi connectivity index (χ2n) is 8.16. The third kappa shape index (κ3) is 5.37. The van der Waals surface area contributed by atoms with E-state index in [4.69, 9.17) is 4.74 Å². The number of aromatic nitrogens is 3. The van der Waals surface area contributed by atoms with Gasteiger partial charge in [-0.3, -0.25) is 9.89 Å². The summed E-state index contributed by atoms with van der Waals surface area (Å²) in [6.07, 6.45) is 4.39. The lowest BCUT2D eigenvalue weighted by molar-refractivity contribution is -0.152. The number of carbonyl (C=O) groups excluding carboxylic acids is 1. The standard InChI is InChI=1S/C22H31N3O2S/c1-5-16-7-9-17(10-8-16)21-23-22(25-24-21)28-13-20(26)27-19-12-15(4)6-11-18(19)14(2)3/h7-10,14-15,18-19H,5-6,11-13H2,1-4H3,(H,23,24,25)/t15-,18-,19+/m1/s1. The van der Waals surface area contributed by atoms with E-state index in [0.29, 0.717) is 22.9 Å². The van der Waals surface area contributed by atoms with E-state index in [1.54, 1.807) is 0 Å². The lowest BCUT2D eigenvalue weighted by Gasteiger charge is -2.36. The first-order chi connectivity index (χ1) is 13.5. The van der Waals surface area contributed by atoms with Crippen molar-refractivity contribution < 1.29 is 9.53 Å². The van der Waals surface area contributed by atoms with E-state index >= 15 is 0 Å². The number of ether oxygens (including phenoxy) is 1. The zero-order valence-corrected chi connectivity index (χ0v) is 18.1. The third-order valence-corrected chi connectivity index (χ3v) is 6.48. The molecule has 152 valence electrons. The minimum absolute atomic E-state index is 0.0386. The van der Waals surface area contributed by atoms with Gasteiger partial charge in [0.1, 0.15) is 6.10 Å². The van der Waals surface area contributed by atoms with Gasteiger partial charge in [0.15, 0.2) is 5.82 Å². The molecule has 0 bridgehead atoms. The van der Waals surface area contributed by atoms with Gasteiger partial charge in [0.2, 0.25) is 5.16 Å². The van der Waals surface area contributed by atoms with Crippen LogP contribution < -0.4 is 0 Å². The number of nitrogens with one attached hydrogen (secondary N) is 1. The molecule has 1 heterocycles. The Kier molecular flexibility index (Phi) is 7.16. The van der Waals surface area contributed by atoms with Gasteiger partial charge in [0.25, 0.3) is 0 Å². The number of hydrogen-bond donors (Lipinski definition) is 1. The highest BCUT2D eigenvalue weighted by atomic mass is 32.2. The molecule has 0 radical (unpaired) electrons. The number of aromatic amines is 1. The number of benzene rings is 1. The van der Waals surface area contributed by atoms with E-state index in [9.17, 15) is 4.79 Å². The summed E-state index contributed by atoms with van der Waals surface area (Å²) in [6.45, 7) is 8.82. The molecule has 28 heavy (non-hydrogen) atoms. The molecule has 0 amide bonds. The van der Waals surface area contributed by atoms with Crippen LogP contribution in [0.4, 0.5) is 0 Å². The summed E-state index contributed by atoms with van der Waals surface area (Å²) in [5.74, 6) is 2.41. The molecule has 2 aromatic rings. The fourth-order valence-corrected chi connectivity index (χ4v) is 4.50. The maximum absolute atomic E-state index is 12.4. The number of carbonyl (C=O) groups is 1. The number of H-pyrrole nitrogens is 1. The number of nitrogens with zero attached hydrogens (tertiary/aromatic N) is 2. The van der Waals surface area contributed by atoms with Gasteiger partial charge in [-0.15, -0.1) is 5.10 Å². The summed E-state index contributed by atoms with van der Waals surface area (Å²) in [6, 6.07) is 8.27. The van der Waals surface area contributed by atoms with Crippen molar-refractivity contribution in [1.29, 1.82) is 0 Å². The largest absolute Gasteiger partial charge is 0.461 e. The molecule has 1 aliphatic rings. The minimum Gasteiger partial charge on any atom is -0.461 e. The van der Waals surface area contributed by atoms with Crippen LogP contribution in [-0.2, 0) is 16.0 Å². The number of hydrogen-bond acceptors (Lipinski definition) is 5. The topological polar surface area (TPSA) is 67.9 Å². The first-order valence-corrected chi connectivity index (χ1v) is 11.3. The normalized spacial score (nSPS) is 22.4. The number of aryl methyl sites for hydroxylation is 1. The molecule has 1 saturated carbocycles. The van der Waals surface area contributed by atoms with Crippen LogP contribution in [0.1, 0.15) is 52.5 Å². The summed E-state index contributed by atoms with van der Waals surface area (Å²) in [5.41, 5.74) is 2.28. The monoisotopic (exact) mass is 401 g/mol. The first-order valence-electron chi connectivity index (χ1n) is 10.3. The average Bonchev–Trinajstić information content (AvgIpc) is 3.15. The predicted molar refractivity (Wildman–Crippen MR) is 113 cm³/mol. The van der Waals surface area contributed by atoms with Crippen LogP contribution in [0.3, 0.4) is 0 Å². The van der Waals surface area contributed by atoms with Crippen molar-refractivity contribution in [1.82, 2.24) is 15.2 Å². The van der Waals surface area contributed by atoms with E-state index in [0.717, 1.165) is 30.7 Å². The van der Waals surface area contributed by atoms with Gasteiger partial charge in [-0.05, 0) is 42.6 Å². The molecule has 0 unspecified atom stereocenters. The second kappa shape index (κ2) is 9.59. The van der Waals surface area contributed by atoms with Crippen LogP contribution in [-0.4, -0.2) is 33.0 Å². The molecule has 5 nitrogen and oxygen atoms in total. The molecular weight excluding hydrogens is 370 g/mol. The van der Waals surface area contributed by atoms with Gasteiger partial charge in [0, 0.05) is 5.56 Å². The summed E-state index contributed by atoms with van der Waals surface area (Å²) in [4.78, 5) is 16.9. The Morgan fingerprint density at radius 1 is 1.29 bits per heavy atom. The van der Waals surface area contributed by atoms with Gasteiger partial charge >= 0.3 is 5.97 Å². The zero-order chi connectivity index (χ0) is 20.1. The van der Waals surface area contributed by atoms with E-state index in [-0.39, 0.29) is 17.8 Å². The van der Waals surface area contributed by atoms with Crippen molar-refractivity contribution >= 4 is 17.7 Å². The average molecular weight is 402 g/mol. The van der Waals surface area contributed by atoms with Crippen molar-refractivity contribution in [3.8, 4) is 11.4 Å². The Hall–Kier alpha value is -1.82. The second-order valence-corrected chi connectivity index (χ2v) is 9.10. The van der Waals surface area contributed by atoms with Crippen LogP contribution >= 0.6 is 11.8 Å². The summed E-state index contributed by atoms with van der Waals surface area (Å²) in [5, 5.41) is 7.76. The van der Waals surface area contributed by atoms with E-state index < -0.39 is 0 Å². The lowest BCUT2D eigenvalue weighted by Crippen LogP contribution is -2.36. The highest BCUT2D eigenvalue weighted by Crippen LogP contribution is 2.35. The van der Waals surface area contributed by atoms with Crippen LogP contribution in [0.2, 0.25) is 0 Å². The highest BCUT2D eigenvalue weighted by Gasteiger charge is 2.33. The maximum atomic E-state index is 12.4. The van der Waals surface area contributed by atoms with Crippen molar-refractivity contribution in [3.05, 3.63) is 29.8 Å². The Labute approximate surface area is 172 Å². The maximum Gasteiger partial charge on any atom is 0.316 e. The molecule has 1 aliphatic carbocycles. The van der Waals surface area contributed by atoms with Crippen molar-refractivity contribution in [2.75, 3.05) is 5.75 Å². The van der Waals surface area contributed by atoms with Crippen LogP contribution in [0.25, 0.3) is 11.4 Å². The molecule has 0 spiro atoms. The van der Waals surface area contributed by atoms with Crippen LogP contribution in [0.15, 0.2) is 29.4 Å². The summed E-state index contributed by atoms with van der Waals surface area (Å²) >= 11 is 1.32. The van der Waals surface area contributed by atoms with Crippen LogP contribution in [0.5, 0.6) is 0 Å².